The van der Waals surface area contributed by atoms with Crippen LogP contribution in [-0.4, -0.2) is 103 Å². The molecule has 3 fully saturated rings. The SMILES string of the molecule is Cc1ccc(OCC(=O)N2C[C@H]3C[C@@H](C2)[C@H](CN(C)C)N2CCCC[C@@H]32)cc1C.O=CO.O=CO. The summed E-state index contributed by atoms with van der Waals surface area (Å²) in [7, 11) is 4.35. The van der Waals surface area contributed by atoms with Crippen molar-refractivity contribution >= 4 is 18.9 Å². The summed E-state index contributed by atoms with van der Waals surface area (Å²) in [5, 5.41) is 13.8. The maximum absolute atomic E-state index is 13.0. The lowest BCUT2D eigenvalue weighted by Crippen LogP contribution is -2.66. The molecule has 3 aliphatic heterocycles. The number of benzene rings is 1. The number of rotatable bonds is 5. The molecule has 9 nitrogen and oxygen atoms in total. The highest BCUT2D eigenvalue weighted by atomic mass is 16.5. The first-order chi connectivity index (χ1) is 16.7. The van der Waals surface area contributed by atoms with Crippen molar-refractivity contribution in [2.45, 2.75) is 51.6 Å². The molecule has 4 rings (SSSR count). The summed E-state index contributed by atoms with van der Waals surface area (Å²) in [6.45, 7) is 7.94. The van der Waals surface area contributed by atoms with Gasteiger partial charge < -0.3 is 24.7 Å². The maximum atomic E-state index is 13.0. The van der Waals surface area contributed by atoms with Gasteiger partial charge in [-0.2, -0.15) is 0 Å². The van der Waals surface area contributed by atoms with E-state index in [1.165, 1.54) is 43.4 Å². The van der Waals surface area contributed by atoms with Gasteiger partial charge in [-0.25, -0.2) is 0 Å². The second-order valence-electron chi connectivity index (χ2n) is 9.93. The van der Waals surface area contributed by atoms with Crippen LogP contribution in [0.25, 0.3) is 0 Å². The summed E-state index contributed by atoms with van der Waals surface area (Å²) in [6.07, 6.45) is 5.23. The Hall–Kier alpha value is -2.65. The van der Waals surface area contributed by atoms with Gasteiger partial charge in [0.15, 0.2) is 6.61 Å². The van der Waals surface area contributed by atoms with Crippen molar-refractivity contribution in [3.8, 4) is 5.75 Å². The zero-order valence-corrected chi connectivity index (χ0v) is 21.4. The number of likely N-dealkylation sites (N-methyl/N-ethyl adjacent to an activating group) is 1. The molecule has 0 unspecified atom stereocenters. The van der Waals surface area contributed by atoms with Crippen molar-refractivity contribution < 1.29 is 29.3 Å². The second kappa shape index (κ2) is 14.0. The molecule has 3 heterocycles. The molecule has 0 aromatic heterocycles. The molecule has 0 spiro atoms. The van der Waals surface area contributed by atoms with Gasteiger partial charge in [-0.1, -0.05) is 12.5 Å². The Morgan fingerprint density at radius 2 is 1.74 bits per heavy atom. The Morgan fingerprint density at radius 1 is 1.09 bits per heavy atom. The summed E-state index contributed by atoms with van der Waals surface area (Å²) in [5.41, 5.74) is 2.45. The van der Waals surface area contributed by atoms with E-state index in [1.54, 1.807) is 0 Å². The lowest BCUT2D eigenvalue weighted by Gasteiger charge is -2.57. The number of piperidine rings is 3. The van der Waals surface area contributed by atoms with Crippen LogP contribution in [-0.2, 0) is 14.4 Å². The average molecular weight is 492 g/mol. The van der Waals surface area contributed by atoms with Crippen molar-refractivity contribution in [1.82, 2.24) is 14.7 Å². The Bertz CT molecular complexity index is 827. The molecule has 1 aromatic rings. The molecule has 0 aliphatic carbocycles. The molecule has 0 radical (unpaired) electrons. The highest BCUT2D eigenvalue weighted by Gasteiger charge is 2.47. The Labute approximate surface area is 208 Å². The van der Waals surface area contributed by atoms with Crippen LogP contribution in [0.15, 0.2) is 18.2 Å². The van der Waals surface area contributed by atoms with Crippen LogP contribution in [0.2, 0.25) is 0 Å². The number of ether oxygens (including phenoxy) is 1. The lowest BCUT2D eigenvalue weighted by atomic mass is 9.72. The van der Waals surface area contributed by atoms with Gasteiger partial charge in [-0.3, -0.25) is 19.3 Å². The van der Waals surface area contributed by atoms with Crippen LogP contribution in [0.1, 0.15) is 36.8 Å². The number of hydrogen-bond acceptors (Lipinski definition) is 6. The van der Waals surface area contributed by atoms with Crippen molar-refractivity contribution in [1.29, 1.82) is 0 Å². The standard InChI is InChI=1S/C24H37N3O2.2CH2O2/c1-17-8-9-21(11-18(17)2)29-16-24(28)26-13-19-12-20(14-26)23(15-25(3)4)27-10-6-5-7-22(19)27;2*2-1-3/h8-9,11,19-20,22-23H,5-7,10,12-16H2,1-4H3;2*1H,(H,2,3)/t19-,20+,22+,23+;;/m1../s1. The van der Waals surface area contributed by atoms with Crippen molar-refractivity contribution in [2.75, 3.05) is 46.9 Å². The third-order valence-electron chi connectivity index (χ3n) is 7.37. The van der Waals surface area contributed by atoms with Crippen molar-refractivity contribution in [3.05, 3.63) is 29.3 Å². The second-order valence-corrected chi connectivity index (χ2v) is 9.93. The number of fused-ring (bicyclic) bond motifs is 4. The van der Waals surface area contributed by atoms with Gasteiger partial charge in [-0.05, 0) is 88.8 Å². The number of amides is 1. The van der Waals surface area contributed by atoms with Gasteiger partial charge in [0.25, 0.3) is 18.9 Å². The fourth-order valence-electron chi connectivity index (χ4n) is 5.78. The first kappa shape index (κ1) is 28.6. The Kier molecular flexibility index (Phi) is 11.5. The van der Waals surface area contributed by atoms with Gasteiger partial charge in [-0.15, -0.1) is 0 Å². The van der Waals surface area contributed by atoms with E-state index >= 15 is 0 Å². The Morgan fingerprint density at radius 3 is 2.37 bits per heavy atom. The molecule has 1 amide bonds. The molecule has 3 saturated heterocycles. The summed E-state index contributed by atoms with van der Waals surface area (Å²) in [4.78, 5) is 37.0. The largest absolute Gasteiger partial charge is 0.484 e. The number of carboxylic acid groups (broad SMARTS) is 2. The van der Waals surface area contributed by atoms with Gasteiger partial charge in [0, 0.05) is 31.7 Å². The van der Waals surface area contributed by atoms with Crippen molar-refractivity contribution in [2.24, 2.45) is 11.8 Å². The third kappa shape index (κ3) is 7.93. The topological polar surface area (TPSA) is 111 Å². The molecule has 4 atom stereocenters. The van der Waals surface area contributed by atoms with E-state index in [0.29, 0.717) is 23.9 Å². The number of aryl methyl sites for hydroxylation is 2. The van der Waals surface area contributed by atoms with Gasteiger partial charge in [0.2, 0.25) is 0 Å². The molecule has 0 saturated carbocycles. The number of carbonyl (C=O) groups excluding carboxylic acids is 1. The Balaban J connectivity index is 0.000000655. The molecule has 1 aromatic carbocycles. The summed E-state index contributed by atoms with van der Waals surface area (Å²) >= 11 is 0. The van der Waals surface area contributed by atoms with Gasteiger partial charge in [0.1, 0.15) is 5.75 Å². The van der Waals surface area contributed by atoms with Crippen LogP contribution < -0.4 is 4.74 Å². The average Bonchev–Trinajstić information content (AvgIpc) is 2.83. The minimum atomic E-state index is -0.250. The van der Waals surface area contributed by atoms with Crippen LogP contribution in [0.4, 0.5) is 0 Å². The molecule has 2 bridgehead atoms. The first-order valence-electron chi connectivity index (χ1n) is 12.3. The lowest BCUT2D eigenvalue weighted by molar-refractivity contribution is -0.143. The predicted octanol–water partition coefficient (Wildman–Crippen LogP) is 2.35. The van der Waals surface area contributed by atoms with Gasteiger partial charge in [0.05, 0.1) is 0 Å². The molecule has 196 valence electrons. The van der Waals surface area contributed by atoms with Crippen molar-refractivity contribution in [3.63, 3.8) is 0 Å². The minimum Gasteiger partial charge on any atom is -0.484 e. The van der Waals surface area contributed by atoms with E-state index in [-0.39, 0.29) is 25.5 Å². The fraction of sp³-hybridized carbons (Fsp3) is 0.654. The van der Waals surface area contributed by atoms with E-state index < -0.39 is 0 Å². The smallest absolute Gasteiger partial charge is 0.290 e. The number of nitrogens with zero attached hydrogens (tertiary/aromatic N) is 3. The number of likely N-dealkylation sites (tertiary alicyclic amines) is 1. The summed E-state index contributed by atoms with van der Waals surface area (Å²) < 4.78 is 5.87. The zero-order chi connectivity index (χ0) is 26.0. The highest BCUT2D eigenvalue weighted by Crippen LogP contribution is 2.41. The molecular weight excluding hydrogens is 450 g/mol. The molecule has 9 heteroatoms. The van der Waals surface area contributed by atoms with Gasteiger partial charge >= 0.3 is 0 Å². The number of hydrogen-bond donors (Lipinski definition) is 2. The maximum Gasteiger partial charge on any atom is 0.290 e. The first-order valence-corrected chi connectivity index (χ1v) is 12.3. The summed E-state index contributed by atoms with van der Waals surface area (Å²) in [6, 6.07) is 7.28. The normalized spacial score (nSPS) is 25.2. The summed E-state index contributed by atoms with van der Waals surface area (Å²) in [5.74, 6) is 2.14. The monoisotopic (exact) mass is 491 g/mol. The molecule has 3 aliphatic rings. The van der Waals surface area contributed by atoms with E-state index in [1.807, 2.05) is 12.1 Å². The van der Waals surface area contributed by atoms with E-state index in [4.69, 9.17) is 24.5 Å². The van der Waals surface area contributed by atoms with E-state index in [9.17, 15) is 4.79 Å². The molecular formula is C26H41N3O6. The fourth-order valence-corrected chi connectivity index (χ4v) is 5.78. The quantitative estimate of drug-likeness (QED) is 0.604. The predicted molar refractivity (Wildman–Crippen MR) is 134 cm³/mol. The highest BCUT2D eigenvalue weighted by molar-refractivity contribution is 5.78. The van der Waals surface area contributed by atoms with Crippen LogP contribution in [0.3, 0.4) is 0 Å². The minimum absolute atomic E-state index is 0.144. The van der Waals surface area contributed by atoms with Crippen LogP contribution in [0, 0.1) is 25.7 Å². The molecule has 35 heavy (non-hydrogen) atoms. The zero-order valence-electron chi connectivity index (χ0n) is 21.4. The van der Waals surface area contributed by atoms with E-state index in [2.05, 4.69) is 48.7 Å². The van der Waals surface area contributed by atoms with Crippen LogP contribution in [0.5, 0.6) is 5.75 Å². The third-order valence-corrected chi connectivity index (χ3v) is 7.37. The van der Waals surface area contributed by atoms with E-state index in [0.717, 1.165) is 25.4 Å². The van der Waals surface area contributed by atoms with Crippen LogP contribution >= 0.6 is 0 Å². The number of carbonyl (C=O) groups is 3. The molecule has 2 N–H and O–H groups in total.